The summed E-state index contributed by atoms with van der Waals surface area (Å²) in [6, 6.07) is 19.1. The Hall–Kier alpha value is -3.20. The fourth-order valence-corrected chi connectivity index (χ4v) is 5.94. The number of pyridine rings is 1. The highest BCUT2D eigenvalue weighted by Gasteiger charge is 2.47. The summed E-state index contributed by atoms with van der Waals surface area (Å²) in [7, 11) is 0. The number of likely N-dealkylation sites (tertiary alicyclic amines) is 1. The molecule has 6 nitrogen and oxygen atoms in total. The summed E-state index contributed by atoms with van der Waals surface area (Å²) >= 11 is 1.36. The first-order valence-corrected chi connectivity index (χ1v) is 12.1. The Kier molecular flexibility index (Phi) is 4.81. The fourth-order valence-electron chi connectivity index (χ4n) is 4.97. The fraction of sp³-hybridized carbons (Fsp3) is 0.269. The molecule has 3 heterocycles. The molecule has 1 saturated heterocycles. The Morgan fingerprint density at radius 1 is 1.12 bits per heavy atom. The van der Waals surface area contributed by atoms with Gasteiger partial charge in [-0.3, -0.25) is 4.79 Å². The van der Waals surface area contributed by atoms with Crippen LogP contribution in [0.25, 0.3) is 20.9 Å². The van der Waals surface area contributed by atoms with Crippen LogP contribution < -0.4 is 0 Å². The van der Waals surface area contributed by atoms with Crippen molar-refractivity contribution in [3.05, 3.63) is 88.5 Å². The van der Waals surface area contributed by atoms with Gasteiger partial charge in [0.2, 0.25) is 0 Å². The molecule has 0 unspecified atom stereocenters. The lowest BCUT2D eigenvalue weighted by Gasteiger charge is -2.52. The van der Waals surface area contributed by atoms with Crippen LogP contribution in [0.3, 0.4) is 0 Å². The lowest BCUT2D eigenvalue weighted by Crippen LogP contribution is -2.61. The van der Waals surface area contributed by atoms with Gasteiger partial charge in [-0.05, 0) is 42.7 Å². The molecular formula is C26H22FN3O3S. The average Bonchev–Trinajstić information content (AvgIpc) is 3.51. The molecule has 2 aliphatic rings. The third-order valence-corrected chi connectivity index (χ3v) is 8.01. The Morgan fingerprint density at radius 3 is 2.56 bits per heavy atom. The van der Waals surface area contributed by atoms with Gasteiger partial charge in [0.1, 0.15) is 27.7 Å². The number of hydrogen-bond acceptors (Lipinski definition) is 5. The summed E-state index contributed by atoms with van der Waals surface area (Å²) in [5.41, 5.74) is 3.92. The van der Waals surface area contributed by atoms with Crippen LogP contribution in [0.2, 0.25) is 0 Å². The Balaban J connectivity index is 1.26. The van der Waals surface area contributed by atoms with E-state index in [0.717, 1.165) is 28.9 Å². The van der Waals surface area contributed by atoms with Crippen LogP contribution in [-0.4, -0.2) is 38.8 Å². The minimum Gasteiger partial charge on any atom is -0.633 e. The van der Waals surface area contributed by atoms with Crippen LogP contribution in [0.1, 0.15) is 29.7 Å². The van der Waals surface area contributed by atoms with Crippen molar-refractivity contribution in [2.45, 2.75) is 24.8 Å². The summed E-state index contributed by atoms with van der Waals surface area (Å²) in [5, 5.41) is 22.1. The van der Waals surface area contributed by atoms with E-state index in [9.17, 15) is 10.0 Å². The molecule has 2 aromatic carbocycles. The maximum Gasteiger partial charge on any atom is 0.318 e. The first-order valence-electron chi connectivity index (χ1n) is 11.3. The van der Waals surface area contributed by atoms with Crippen molar-refractivity contribution >= 4 is 27.7 Å². The minimum atomic E-state index is -0.949. The predicted molar refractivity (Wildman–Crippen MR) is 127 cm³/mol. The van der Waals surface area contributed by atoms with Gasteiger partial charge < -0.3 is 15.0 Å². The number of hydrogen-bond donors (Lipinski definition) is 1. The van der Waals surface area contributed by atoms with Crippen LogP contribution in [0.5, 0.6) is 0 Å². The van der Waals surface area contributed by atoms with Crippen LogP contribution in [0, 0.1) is 16.9 Å². The Labute approximate surface area is 199 Å². The van der Waals surface area contributed by atoms with E-state index in [1.54, 1.807) is 12.1 Å². The smallest absolute Gasteiger partial charge is 0.318 e. The van der Waals surface area contributed by atoms with E-state index in [-0.39, 0.29) is 25.0 Å². The van der Waals surface area contributed by atoms with Crippen molar-refractivity contribution in [1.29, 1.82) is 0 Å². The molecule has 0 bridgehead atoms. The van der Waals surface area contributed by atoms with Crippen molar-refractivity contribution < 1.29 is 18.9 Å². The highest BCUT2D eigenvalue weighted by atomic mass is 32.1. The number of nitrogens with zero attached hydrogens (tertiary/aromatic N) is 3. The lowest BCUT2D eigenvalue weighted by atomic mass is 9.92. The number of hydroxylamine groups is 3. The first-order chi connectivity index (χ1) is 16.4. The second kappa shape index (κ2) is 7.66. The zero-order valence-corrected chi connectivity index (χ0v) is 19.1. The summed E-state index contributed by atoms with van der Waals surface area (Å²) in [6.45, 7) is 0.109. The molecule has 0 atom stereocenters. The highest BCUT2D eigenvalue weighted by Crippen LogP contribution is 2.53. The highest BCUT2D eigenvalue weighted by molar-refractivity contribution is 7.21. The number of rotatable bonds is 6. The molecule has 1 N–H and O–H groups in total. The number of benzene rings is 2. The summed E-state index contributed by atoms with van der Waals surface area (Å²) in [5.74, 6) is -2.00. The monoisotopic (exact) mass is 475 g/mol. The molecule has 34 heavy (non-hydrogen) atoms. The Bertz CT molecular complexity index is 1410. The standard InChI is InChI=1S/C26H22FN3O3S/c27-20-12-16(13-30(33)14-17(15-30)25(31)32)6-7-19(20)23-28-21-8-9-22(29-24(21)34-23)26(10-11-26)18-4-2-1-3-5-18/h1-9,12,17H,10-11,13-15H2,(H,31,32). The SMILES string of the molecule is O=C(O)C1C[N+]([O-])(Cc2ccc(-c3nc4ccc(C5(c6ccccc6)CC5)nc4s3)c(F)c2)C1. The van der Waals surface area contributed by atoms with Gasteiger partial charge in [0.05, 0.1) is 18.8 Å². The number of fused-ring (bicyclic) bond motifs is 1. The Morgan fingerprint density at radius 2 is 1.88 bits per heavy atom. The number of aliphatic carboxylic acids is 1. The normalized spacial score (nSPS) is 22.9. The maximum absolute atomic E-state index is 15.0. The molecule has 0 amide bonds. The third-order valence-electron chi connectivity index (χ3n) is 7.01. The quantitative estimate of drug-likeness (QED) is 0.310. The number of thiazole rings is 1. The molecule has 4 aromatic rings. The topological polar surface area (TPSA) is 86.1 Å². The molecule has 0 radical (unpaired) electrons. The lowest BCUT2D eigenvalue weighted by molar-refractivity contribution is -0.938. The molecule has 2 fully saturated rings. The van der Waals surface area contributed by atoms with Crippen molar-refractivity contribution in [2.75, 3.05) is 13.1 Å². The molecule has 1 aliphatic heterocycles. The van der Waals surface area contributed by atoms with E-state index in [1.807, 2.05) is 30.3 Å². The van der Waals surface area contributed by atoms with E-state index in [4.69, 9.17) is 10.1 Å². The van der Waals surface area contributed by atoms with Gasteiger partial charge in [-0.25, -0.2) is 14.4 Å². The van der Waals surface area contributed by atoms with Gasteiger partial charge in [0, 0.05) is 16.5 Å². The minimum absolute atomic E-state index is 0.0229. The molecule has 1 aliphatic carbocycles. The molecule has 0 spiro atoms. The van der Waals surface area contributed by atoms with E-state index < -0.39 is 22.4 Å². The van der Waals surface area contributed by atoms with Crippen molar-refractivity contribution in [3.8, 4) is 10.6 Å². The zero-order valence-electron chi connectivity index (χ0n) is 18.3. The third kappa shape index (κ3) is 3.58. The number of carboxylic acid groups (broad SMARTS) is 1. The maximum atomic E-state index is 15.0. The van der Waals surface area contributed by atoms with E-state index >= 15 is 4.39 Å². The van der Waals surface area contributed by atoms with Crippen LogP contribution in [-0.2, 0) is 16.8 Å². The molecule has 6 rings (SSSR count). The average molecular weight is 476 g/mol. The molecule has 172 valence electrons. The summed E-state index contributed by atoms with van der Waals surface area (Å²) < 4.78 is 14.4. The van der Waals surface area contributed by atoms with Gasteiger partial charge in [-0.1, -0.05) is 47.7 Å². The summed E-state index contributed by atoms with van der Waals surface area (Å²) in [4.78, 5) is 21.3. The number of carboxylic acids is 1. The van der Waals surface area contributed by atoms with Crippen LogP contribution >= 0.6 is 11.3 Å². The second-order valence-corrected chi connectivity index (χ2v) is 10.4. The van der Waals surface area contributed by atoms with Gasteiger partial charge in [-0.2, -0.15) is 0 Å². The number of aromatic nitrogens is 2. The van der Waals surface area contributed by atoms with Crippen molar-refractivity contribution in [3.63, 3.8) is 0 Å². The predicted octanol–water partition coefficient (Wildman–Crippen LogP) is 5.11. The molecule has 1 saturated carbocycles. The molecular weight excluding hydrogens is 453 g/mol. The number of quaternary nitrogens is 1. The van der Waals surface area contributed by atoms with Gasteiger partial charge >= 0.3 is 5.97 Å². The van der Waals surface area contributed by atoms with Gasteiger partial charge in [0.25, 0.3) is 0 Å². The first kappa shape index (κ1) is 21.3. The largest absolute Gasteiger partial charge is 0.633 e. The van der Waals surface area contributed by atoms with E-state index in [2.05, 4.69) is 17.1 Å². The van der Waals surface area contributed by atoms with Crippen LogP contribution in [0.4, 0.5) is 4.39 Å². The second-order valence-electron chi connectivity index (χ2n) is 9.42. The van der Waals surface area contributed by atoms with E-state index in [1.165, 1.54) is 23.0 Å². The van der Waals surface area contributed by atoms with Crippen molar-refractivity contribution in [2.24, 2.45) is 5.92 Å². The van der Waals surface area contributed by atoms with Gasteiger partial charge in [-0.15, -0.1) is 0 Å². The number of halogens is 1. The van der Waals surface area contributed by atoms with E-state index in [0.29, 0.717) is 16.1 Å². The number of carbonyl (C=O) groups is 1. The van der Waals surface area contributed by atoms with Crippen molar-refractivity contribution in [1.82, 2.24) is 9.97 Å². The summed E-state index contributed by atoms with van der Waals surface area (Å²) in [6.07, 6.45) is 2.12. The van der Waals surface area contributed by atoms with Gasteiger partial charge in [0.15, 0.2) is 5.92 Å². The zero-order chi connectivity index (χ0) is 23.5. The van der Waals surface area contributed by atoms with Crippen LogP contribution in [0.15, 0.2) is 60.7 Å². The molecule has 2 aromatic heterocycles. The molecule has 8 heteroatoms.